The molecule has 0 fully saturated rings. The molecule has 0 unspecified atom stereocenters. The van der Waals surface area contributed by atoms with E-state index < -0.39 is 10.7 Å². The summed E-state index contributed by atoms with van der Waals surface area (Å²) in [6.45, 7) is 0.171. The van der Waals surface area contributed by atoms with Crippen LogP contribution in [0.15, 0.2) is 36.4 Å². The number of rotatable bonds is 4. The highest BCUT2D eigenvalue weighted by Crippen LogP contribution is 2.26. The summed E-state index contributed by atoms with van der Waals surface area (Å²) in [5.41, 5.74) is 0.788. The first-order valence-electron chi connectivity index (χ1n) is 5.87. The van der Waals surface area contributed by atoms with E-state index >= 15 is 0 Å². The van der Waals surface area contributed by atoms with Crippen LogP contribution in [-0.4, -0.2) is 4.92 Å². The third kappa shape index (κ3) is 3.68. The molecule has 0 saturated heterocycles. The first kappa shape index (κ1) is 14.8. The lowest BCUT2D eigenvalue weighted by Gasteiger charge is -2.08. The fourth-order valence-electron chi connectivity index (χ4n) is 1.81. The molecule has 0 aliphatic heterocycles. The quantitative estimate of drug-likeness (QED) is 0.687. The molecular formula is C14H9ClFN3O2. The average molecular weight is 306 g/mol. The minimum Gasteiger partial charge on any atom is -0.375 e. The zero-order valence-electron chi connectivity index (χ0n) is 10.6. The van der Waals surface area contributed by atoms with Crippen LogP contribution in [-0.2, 0) is 6.54 Å². The van der Waals surface area contributed by atoms with Crippen LogP contribution in [0.4, 0.5) is 15.8 Å². The second kappa shape index (κ2) is 6.20. The van der Waals surface area contributed by atoms with E-state index in [2.05, 4.69) is 5.32 Å². The summed E-state index contributed by atoms with van der Waals surface area (Å²) in [6, 6.07) is 9.95. The van der Waals surface area contributed by atoms with E-state index in [1.54, 1.807) is 6.07 Å². The molecule has 0 amide bonds. The smallest absolute Gasteiger partial charge is 0.293 e. The Bertz CT molecular complexity index is 723. The Labute approximate surface area is 124 Å². The molecule has 2 aromatic carbocycles. The minimum absolute atomic E-state index is 0.171. The average Bonchev–Trinajstić information content (AvgIpc) is 2.43. The van der Waals surface area contributed by atoms with Crippen molar-refractivity contribution >= 4 is 23.0 Å². The number of nitriles is 1. The van der Waals surface area contributed by atoms with Crippen molar-refractivity contribution in [2.24, 2.45) is 0 Å². The van der Waals surface area contributed by atoms with Gasteiger partial charge >= 0.3 is 0 Å². The van der Waals surface area contributed by atoms with Gasteiger partial charge < -0.3 is 5.32 Å². The van der Waals surface area contributed by atoms with Crippen LogP contribution < -0.4 is 5.32 Å². The molecule has 106 valence electrons. The van der Waals surface area contributed by atoms with E-state index in [1.807, 2.05) is 6.07 Å². The van der Waals surface area contributed by atoms with Gasteiger partial charge in [-0.1, -0.05) is 11.6 Å². The maximum atomic E-state index is 13.2. The number of halogens is 2. The Morgan fingerprint density at radius 2 is 2.10 bits per heavy atom. The van der Waals surface area contributed by atoms with E-state index in [-0.39, 0.29) is 28.5 Å². The Hall–Kier alpha value is -2.65. The lowest BCUT2D eigenvalue weighted by atomic mass is 10.1. The molecule has 0 bridgehead atoms. The minimum atomic E-state index is -0.582. The molecule has 5 nitrogen and oxygen atoms in total. The van der Waals surface area contributed by atoms with Crippen LogP contribution in [0.1, 0.15) is 11.1 Å². The van der Waals surface area contributed by atoms with Crippen LogP contribution in [0.25, 0.3) is 0 Å². The van der Waals surface area contributed by atoms with E-state index in [1.165, 1.54) is 30.3 Å². The molecule has 2 rings (SSSR count). The summed E-state index contributed by atoms with van der Waals surface area (Å²) in [4.78, 5) is 10.4. The molecule has 0 saturated carbocycles. The maximum Gasteiger partial charge on any atom is 0.293 e. The second-order valence-corrected chi connectivity index (χ2v) is 4.67. The Kier molecular flexibility index (Phi) is 4.36. The highest BCUT2D eigenvalue weighted by Gasteiger charge is 2.14. The van der Waals surface area contributed by atoms with Crippen molar-refractivity contribution in [3.63, 3.8) is 0 Å². The lowest BCUT2D eigenvalue weighted by molar-refractivity contribution is -0.384. The van der Waals surface area contributed by atoms with Crippen molar-refractivity contribution in [1.82, 2.24) is 0 Å². The fraction of sp³-hybridized carbons (Fsp3) is 0.0714. The monoisotopic (exact) mass is 305 g/mol. The molecule has 21 heavy (non-hydrogen) atoms. The molecule has 0 atom stereocenters. The third-order valence-electron chi connectivity index (χ3n) is 2.73. The van der Waals surface area contributed by atoms with Crippen LogP contribution in [0.2, 0.25) is 5.02 Å². The number of hydrogen-bond acceptors (Lipinski definition) is 4. The summed E-state index contributed by atoms with van der Waals surface area (Å²) in [6.07, 6.45) is 0. The summed E-state index contributed by atoms with van der Waals surface area (Å²) in [5, 5.41) is 22.8. The SMILES string of the molecule is N#Cc1ccc(NCc2cc(F)cc(Cl)c2)c([N+](=O)[O-])c1. The maximum absolute atomic E-state index is 13.2. The normalized spacial score (nSPS) is 9.95. The molecular weight excluding hydrogens is 297 g/mol. The van der Waals surface area contributed by atoms with Crippen LogP contribution in [0.3, 0.4) is 0 Å². The van der Waals surface area contributed by atoms with Gasteiger partial charge in [-0.05, 0) is 35.9 Å². The third-order valence-corrected chi connectivity index (χ3v) is 2.95. The number of benzene rings is 2. The molecule has 0 aliphatic rings. The van der Waals surface area contributed by atoms with E-state index in [9.17, 15) is 14.5 Å². The van der Waals surface area contributed by atoms with Gasteiger partial charge in [-0.3, -0.25) is 10.1 Å². The molecule has 0 heterocycles. The first-order chi connectivity index (χ1) is 9.99. The standard InChI is InChI=1S/C14H9ClFN3O2/c15-11-3-10(4-12(16)6-11)8-18-13-2-1-9(7-17)5-14(13)19(20)21/h1-6,18H,8H2. The van der Waals surface area contributed by atoms with E-state index in [0.29, 0.717) is 5.56 Å². The molecule has 0 aliphatic carbocycles. The zero-order valence-corrected chi connectivity index (χ0v) is 11.4. The van der Waals surface area contributed by atoms with Gasteiger partial charge in [0.15, 0.2) is 0 Å². The fourth-order valence-corrected chi connectivity index (χ4v) is 2.06. The first-order valence-corrected chi connectivity index (χ1v) is 6.25. The van der Waals surface area contributed by atoms with Crippen LogP contribution >= 0.6 is 11.6 Å². The van der Waals surface area contributed by atoms with Crippen molar-refractivity contribution in [1.29, 1.82) is 5.26 Å². The number of hydrogen-bond donors (Lipinski definition) is 1. The topological polar surface area (TPSA) is 79.0 Å². The predicted octanol–water partition coefficient (Wildman–Crippen LogP) is 3.87. The van der Waals surface area contributed by atoms with Gasteiger partial charge in [-0.2, -0.15) is 5.26 Å². The van der Waals surface area contributed by atoms with Gasteiger partial charge in [0.2, 0.25) is 0 Å². The van der Waals surface area contributed by atoms with Gasteiger partial charge in [0.05, 0.1) is 16.6 Å². The van der Waals surface area contributed by atoms with Crippen molar-refractivity contribution in [2.45, 2.75) is 6.54 Å². The van der Waals surface area contributed by atoms with Gasteiger partial charge in [-0.15, -0.1) is 0 Å². The summed E-state index contributed by atoms with van der Waals surface area (Å²) >= 11 is 5.74. The van der Waals surface area contributed by atoms with Crippen molar-refractivity contribution in [3.05, 3.63) is 68.5 Å². The summed E-state index contributed by atoms with van der Waals surface area (Å²) in [5.74, 6) is -0.478. The van der Waals surface area contributed by atoms with Crippen molar-refractivity contribution < 1.29 is 9.31 Å². The summed E-state index contributed by atoms with van der Waals surface area (Å²) < 4.78 is 13.2. The van der Waals surface area contributed by atoms with Crippen LogP contribution in [0.5, 0.6) is 0 Å². The van der Waals surface area contributed by atoms with Crippen molar-refractivity contribution in [2.75, 3.05) is 5.32 Å². The predicted molar refractivity (Wildman–Crippen MR) is 76.5 cm³/mol. The molecule has 7 heteroatoms. The number of nitrogens with one attached hydrogen (secondary N) is 1. The Balaban J connectivity index is 2.23. The highest BCUT2D eigenvalue weighted by molar-refractivity contribution is 6.30. The summed E-state index contributed by atoms with van der Waals surface area (Å²) in [7, 11) is 0. The van der Waals surface area contributed by atoms with Gasteiger partial charge in [0.25, 0.3) is 5.69 Å². The number of nitro benzene ring substituents is 1. The Morgan fingerprint density at radius 1 is 1.33 bits per heavy atom. The van der Waals surface area contributed by atoms with Gasteiger partial charge in [-0.25, -0.2) is 4.39 Å². The molecule has 2 aromatic rings. The largest absolute Gasteiger partial charge is 0.375 e. The van der Waals surface area contributed by atoms with E-state index in [4.69, 9.17) is 16.9 Å². The van der Waals surface area contributed by atoms with E-state index in [0.717, 1.165) is 0 Å². The zero-order chi connectivity index (χ0) is 15.4. The highest BCUT2D eigenvalue weighted by atomic mass is 35.5. The van der Waals surface area contributed by atoms with Gasteiger partial charge in [0.1, 0.15) is 11.5 Å². The lowest BCUT2D eigenvalue weighted by Crippen LogP contribution is -2.03. The Morgan fingerprint density at radius 3 is 2.71 bits per heavy atom. The molecule has 0 spiro atoms. The van der Waals surface area contributed by atoms with Crippen LogP contribution in [0, 0.1) is 27.3 Å². The number of nitro groups is 1. The molecule has 0 aromatic heterocycles. The molecule has 0 radical (unpaired) electrons. The second-order valence-electron chi connectivity index (χ2n) is 4.23. The number of anilines is 1. The molecule has 1 N–H and O–H groups in total. The van der Waals surface area contributed by atoms with Gasteiger partial charge in [0, 0.05) is 17.6 Å². The number of nitrogens with zero attached hydrogens (tertiary/aromatic N) is 2. The van der Waals surface area contributed by atoms with Crippen molar-refractivity contribution in [3.8, 4) is 6.07 Å².